The highest BCUT2D eigenvalue weighted by Crippen LogP contribution is 2.45. The summed E-state index contributed by atoms with van der Waals surface area (Å²) >= 11 is 0. The molecule has 126 valence electrons. The number of carbonyl (C=O) groups is 1. The second kappa shape index (κ2) is 6.97. The van der Waals surface area contributed by atoms with Crippen LogP contribution in [0.25, 0.3) is 0 Å². The lowest BCUT2D eigenvalue weighted by molar-refractivity contribution is -0.139. The SMILES string of the molecule is C[C@@H]1CN([C@@H](c2cccc(CF)c2)C2CC2)CCN1CC(=O)O. The molecule has 0 bridgehead atoms. The molecule has 2 fully saturated rings. The lowest BCUT2D eigenvalue weighted by Gasteiger charge is -2.43. The van der Waals surface area contributed by atoms with Crippen LogP contribution in [0.1, 0.15) is 36.9 Å². The zero-order chi connectivity index (χ0) is 16.4. The second-order valence-corrected chi connectivity index (χ2v) is 6.87. The van der Waals surface area contributed by atoms with Gasteiger partial charge in [-0.25, -0.2) is 4.39 Å². The first-order valence-electron chi connectivity index (χ1n) is 8.43. The van der Waals surface area contributed by atoms with Gasteiger partial charge in [-0.2, -0.15) is 0 Å². The van der Waals surface area contributed by atoms with Gasteiger partial charge in [-0.3, -0.25) is 14.6 Å². The van der Waals surface area contributed by atoms with Crippen molar-refractivity contribution >= 4 is 5.97 Å². The Morgan fingerprint density at radius 3 is 2.78 bits per heavy atom. The highest BCUT2D eigenvalue weighted by Gasteiger charge is 2.39. The average Bonchev–Trinajstić information content (AvgIpc) is 3.35. The normalized spacial score (nSPS) is 24.5. The smallest absolute Gasteiger partial charge is 0.317 e. The Bertz CT molecular complexity index is 562. The van der Waals surface area contributed by atoms with E-state index in [0.29, 0.717) is 12.0 Å². The molecule has 1 aromatic rings. The van der Waals surface area contributed by atoms with Gasteiger partial charge in [-0.15, -0.1) is 0 Å². The minimum atomic E-state index is -0.764. The van der Waals surface area contributed by atoms with E-state index in [9.17, 15) is 9.18 Å². The summed E-state index contributed by atoms with van der Waals surface area (Å²) in [7, 11) is 0. The molecule has 1 saturated heterocycles. The highest BCUT2D eigenvalue weighted by atomic mass is 19.1. The largest absolute Gasteiger partial charge is 0.480 e. The molecule has 0 radical (unpaired) electrons. The molecule has 2 atom stereocenters. The van der Waals surface area contributed by atoms with Crippen molar-refractivity contribution < 1.29 is 14.3 Å². The van der Waals surface area contributed by atoms with E-state index in [-0.39, 0.29) is 12.6 Å². The summed E-state index contributed by atoms with van der Waals surface area (Å²) in [6.45, 7) is 4.30. The van der Waals surface area contributed by atoms with Crippen LogP contribution in [-0.2, 0) is 11.5 Å². The van der Waals surface area contributed by atoms with Gasteiger partial charge in [-0.05, 0) is 36.8 Å². The van der Waals surface area contributed by atoms with Crippen molar-refractivity contribution in [1.82, 2.24) is 9.80 Å². The van der Waals surface area contributed by atoms with Crippen molar-refractivity contribution in [3.63, 3.8) is 0 Å². The van der Waals surface area contributed by atoms with Crippen molar-refractivity contribution in [2.75, 3.05) is 26.2 Å². The number of halogens is 1. The predicted molar refractivity (Wildman–Crippen MR) is 87.0 cm³/mol. The number of hydrogen-bond donors (Lipinski definition) is 1. The van der Waals surface area contributed by atoms with Crippen LogP contribution in [0.5, 0.6) is 0 Å². The van der Waals surface area contributed by atoms with Gasteiger partial charge in [0.1, 0.15) is 6.67 Å². The molecule has 1 aromatic carbocycles. The molecule has 0 amide bonds. The summed E-state index contributed by atoms with van der Waals surface area (Å²) in [6.07, 6.45) is 2.46. The van der Waals surface area contributed by atoms with Gasteiger partial charge in [0.15, 0.2) is 0 Å². The number of carboxylic acids is 1. The van der Waals surface area contributed by atoms with Crippen LogP contribution >= 0.6 is 0 Å². The molecule has 0 unspecified atom stereocenters. The Morgan fingerprint density at radius 2 is 2.17 bits per heavy atom. The Labute approximate surface area is 136 Å². The van der Waals surface area contributed by atoms with Gasteiger partial charge in [-0.1, -0.05) is 24.3 Å². The number of piperazine rings is 1. The molecule has 23 heavy (non-hydrogen) atoms. The molecule has 4 nitrogen and oxygen atoms in total. The van der Waals surface area contributed by atoms with Crippen LogP contribution < -0.4 is 0 Å². The highest BCUT2D eigenvalue weighted by molar-refractivity contribution is 5.69. The van der Waals surface area contributed by atoms with Crippen LogP contribution in [0.4, 0.5) is 4.39 Å². The van der Waals surface area contributed by atoms with E-state index in [4.69, 9.17) is 5.11 Å². The minimum Gasteiger partial charge on any atom is -0.480 e. The van der Waals surface area contributed by atoms with Crippen molar-refractivity contribution in [2.24, 2.45) is 5.92 Å². The molecule has 1 N–H and O–H groups in total. The van der Waals surface area contributed by atoms with E-state index in [1.54, 1.807) is 0 Å². The maximum Gasteiger partial charge on any atom is 0.317 e. The third-order valence-electron chi connectivity index (χ3n) is 5.04. The Hall–Kier alpha value is -1.46. The third-order valence-corrected chi connectivity index (χ3v) is 5.04. The van der Waals surface area contributed by atoms with Gasteiger partial charge >= 0.3 is 5.97 Å². The molecule has 2 aliphatic rings. The summed E-state index contributed by atoms with van der Waals surface area (Å²) in [5.74, 6) is -0.109. The maximum absolute atomic E-state index is 13.0. The number of rotatable bonds is 6. The van der Waals surface area contributed by atoms with Crippen LogP contribution in [0.15, 0.2) is 24.3 Å². The van der Waals surface area contributed by atoms with E-state index in [2.05, 4.69) is 17.9 Å². The van der Waals surface area contributed by atoms with Crippen molar-refractivity contribution in [3.8, 4) is 0 Å². The number of carboxylic acid groups (broad SMARTS) is 1. The van der Waals surface area contributed by atoms with Gasteiger partial charge < -0.3 is 5.11 Å². The second-order valence-electron chi connectivity index (χ2n) is 6.87. The summed E-state index contributed by atoms with van der Waals surface area (Å²) in [5, 5.41) is 9.00. The molecule has 1 aliphatic carbocycles. The summed E-state index contributed by atoms with van der Waals surface area (Å²) in [5.41, 5.74) is 1.95. The first-order chi connectivity index (χ1) is 11.1. The third kappa shape index (κ3) is 3.90. The molecule has 1 saturated carbocycles. The molecule has 0 aromatic heterocycles. The molecule has 1 heterocycles. The summed E-state index contributed by atoms with van der Waals surface area (Å²) in [4.78, 5) is 15.4. The van der Waals surface area contributed by atoms with Gasteiger partial charge in [0, 0.05) is 31.7 Å². The van der Waals surface area contributed by atoms with Crippen molar-refractivity contribution in [1.29, 1.82) is 0 Å². The quantitative estimate of drug-likeness (QED) is 0.875. The summed E-state index contributed by atoms with van der Waals surface area (Å²) < 4.78 is 13.0. The number of hydrogen-bond acceptors (Lipinski definition) is 3. The first-order valence-corrected chi connectivity index (χ1v) is 8.43. The fraction of sp³-hybridized carbons (Fsp3) is 0.611. The molecule has 0 spiro atoms. The number of nitrogens with zero attached hydrogens (tertiary/aromatic N) is 2. The van der Waals surface area contributed by atoms with E-state index < -0.39 is 12.6 Å². The fourth-order valence-electron chi connectivity index (χ4n) is 3.74. The van der Waals surface area contributed by atoms with Crippen LogP contribution in [-0.4, -0.2) is 53.1 Å². The molecular formula is C18H25FN2O2. The Balaban J connectivity index is 1.73. The zero-order valence-electron chi connectivity index (χ0n) is 13.6. The minimum absolute atomic E-state index is 0.112. The number of aliphatic carboxylic acids is 1. The van der Waals surface area contributed by atoms with E-state index in [0.717, 1.165) is 25.2 Å². The Morgan fingerprint density at radius 1 is 1.39 bits per heavy atom. The topological polar surface area (TPSA) is 43.8 Å². The lowest BCUT2D eigenvalue weighted by atomic mass is 9.97. The van der Waals surface area contributed by atoms with E-state index in [1.807, 2.05) is 23.1 Å². The van der Waals surface area contributed by atoms with Crippen LogP contribution in [0.2, 0.25) is 0 Å². The maximum atomic E-state index is 13.0. The van der Waals surface area contributed by atoms with Crippen molar-refractivity contribution in [3.05, 3.63) is 35.4 Å². The van der Waals surface area contributed by atoms with Crippen molar-refractivity contribution in [2.45, 2.75) is 38.5 Å². The predicted octanol–water partition coefficient (Wildman–Crippen LogP) is 2.70. The van der Waals surface area contributed by atoms with Gasteiger partial charge in [0.05, 0.1) is 6.54 Å². The molecule has 5 heteroatoms. The standard InChI is InChI=1S/C18H25FN2O2/c1-13-11-21(8-7-20(13)12-17(22)23)18(15-5-6-15)16-4-2-3-14(9-16)10-19/h2-4,9,13,15,18H,5-8,10-12H2,1H3,(H,22,23)/t13-,18-/m1/s1. The van der Waals surface area contributed by atoms with E-state index >= 15 is 0 Å². The Kier molecular flexibility index (Phi) is 4.97. The average molecular weight is 320 g/mol. The monoisotopic (exact) mass is 320 g/mol. The number of alkyl halides is 1. The van der Waals surface area contributed by atoms with Gasteiger partial charge in [0.2, 0.25) is 0 Å². The van der Waals surface area contributed by atoms with Crippen LogP contribution in [0.3, 0.4) is 0 Å². The van der Waals surface area contributed by atoms with E-state index in [1.165, 1.54) is 18.4 Å². The lowest BCUT2D eigenvalue weighted by Crippen LogP contribution is -2.54. The first kappa shape index (κ1) is 16.4. The molecule has 1 aliphatic heterocycles. The summed E-state index contributed by atoms with van der Waals surface area (Å²) in [6, 6.07) is 8.46. The molecule has 3 rings (SSSR count). The number of benzene rings is 1. The van der Waals surface area contributed by atoms with Gasteiger partial charge in [0.25, 0.3) is 0 Å². The zero-order valence-corrected chi connectivity index (χ0v) is 13.6. The van der Waals surface area contributed by atoms with Crippen LogP contribution in [0, 0.1) is 5.92 Å². The molecular weight excluding hydrogens is 295 g/mol. The fourth-order valence-corrected chi connectivity index (χ4v) is 3.74.